The zero-order valence-electron chi connectivity index (χ0n) is 23.0. The molecule has 0 amide bonds. The summed E-state index contributed by atoms with van der Waals surface area (Å²) in [7, 11) is 0. The zero-order valence-corrected chi connectivity index (χ0v) is 23.0. The number of ether oxygens (including phenoxy) is 3. The number of aromatic nitrogens is 1. The van der Waals surface area contributed by atoms with Gasteiger partial charge in [-0.05, 0) is 73.7 Å². The van der Waals surface area contributed by atoms with Gasteiger partial charge in [0, 0.05) is 18.4 Å². The highest BCUT2D eigenvalue weighted by Gasteiger charge is 2.47. The maximum absolute atomic E-state index is 13.3. The quantitative estimate of drug-likeness (QED) is 0.0948. The molecule has 0 spiro atoms. The van der Waals surface area contributed by atoms with Crippen molar-refractivity contribution in [3.8, 4) is 22.8 Å². The molecule has 0 fully saturated rings. The number of alkyl halides is 3. The van der Waals surface area contributed by atoms with Gasteiger partial charge >= 0.3 is 12.1 Å². The number of pyridine rings is 1. The van der Waals surface area contributed by atoms with Gasteiger partial charge in [-0.1, -0.05) is 63.3 Å². The number of hydrogen-bond acceptors (Lipinski definition) is 5. The number of carbonyl (C=O) groups excluding carboxylic acids is 1. The van der Waals surface area contributed by atoms with Crippen LogP contribution < -0.4 is 9.47 Å². The Morgan fingerprint density at radius 3 is 2.17 bits per heavy atom. The summed E-state index contributed by atoms with van der Waals surface area (Å²) in [6, 6.07) is 19.4. The van der Waals surface area contributed by atoms with Crippen LogP contribution in [0.15, 0.2) is 72.9 Å². The summed E-state index contributed by atoms with van der Waals surface area (Å²) < 4.78 is 55.5. The maximum Gasteiger partial charge on any atom is 0.425 e. The minimum absolute atomic E-state index is 0.0362. The number of halogens is 3. The van der Waals surface area contributed by atoms with Crippen molar-refractivity contribution in [1.82, 2.24) is 4.98 Å². The van der Waals surface area contributed by atoms with E-state index in [1.54, 1.807) is 24.4 Å². The smallest absolute Gasteiger partial charge is 0.425 e. The molecule has 40 heavy (non-hydrogen) atoms. The van der Waals surface area contributed by atoms with Crippen LogP contribution in [0.3, 0.4) is 0 Å². The van der Waals surface area contributed by atoms with Crippen molar-refractivity contribution < 1.29 is 32.2 Å². The summed E-state index contributed by atoms with van der Waals surface area (Å²) >= 11 is 0. The number of aryl methyl sites for hydroxylation is 1. The average molecular weight is 558 g/mol. The second-order valence-corrected chi connectivity index (χ2v) is 9.68. The Labute approximate surface area is 234 Å². The number of hydrogen-bond donors (Lipinski definition) is 0. The predicted molar refractivity (Wildman–Crippen MR) is 149 cm³/mol. The molecule has 0 radical (unpaired) electrons. The minimum atomic E-state index is -4.86. The predicted octanol–water partition coefficient (Wildman–Crippen LogP) is 8.36. The summed E-state index contributed by atoms with van der Waals surface area (Å²) in [5.74, 6) is -0.595. The van der Waals surface area contributed by atoms with E-state index in [1.807, 2.05) is 36.4 Å². The molecular formula is C32H38F3NO4. The Balaban J connectivity index is 1.37. The van der Waals surface area contributed by atoms with E-state index in [4.69, 9.17) is 14.2 Å². The third-order valence-electron chi connectivity index (χ3n) is 6.36. The highest BCUT2D eigenvalue weighted by molar-refractivity contribution is 5.78. The van der Waals surface area contributed by atoms with Gasteiger partial charge in [-0.2, -0.15) is 13.2 Å². The van der Waals surface area contributed by atoms with E-state index in [0.29, 0.717) is 19.3 Å². The van der Waals surface area contributed by atoms with Crippen molar-refractivity contribution in [2.45, 2.75) is 77.0 Å². The van der Waals surface area contributed by atoms with E-state index in [2.05, 4.69) is 11.9 Å². The van der Waals surface area contributed by atoms with Crippen molar-refractivity contribution in [3.63, 3.8) is 0 Å². The lowest BCUT2D eigenvalue weighted by molar-refractivity contribution is -0.225. The summed E-state index contributed by atoms with van der Waals surface area (Å²) in [6.45, 7) is 2.72. The molecule has 0 aliphatic heterocycles. The van der Waals surface area contributed by atoms with Crippen molar-refractivity contribution in [3.05, 3.63) is 78.5 Å². The fourth-order valence-corrected chi connectivity index (χ4v) is 4.12. The van der Waals surface area contributed by atoms with Crippen LogP contribution in [0.4, 0.5) is 13.2 Å². The standard InChI is InChI=1S/C32H38F3NO4/c1-2-3-4-5-6-11-22-38-27-19-17-26(18-20-27)29-21-16-25(24-36-29)13-10-12-23-39-30(32(33,34)35)31(37)40-28-14-8-7-9-15-28/h7-9,14-21,24,30H,2-6,10-13,22-23H2,1H3. The molecule has 0 saturated heterocycles. The van der Waals surface area contributed by atoms with E-state index in [-0.39, 0.29) is 12.4 Å². The summed E-state index contributed by atoms with van der Waals surface area (Å²) in [5, 5.41) is 0. The highest BCUT2D eigenvalue weighted by Crippen LogP contribution is 2.26. The fourth-order valence-electron chi connectivity index (χ4n) is 4.12. The first-order valence-electron chi connectivity index (χ1n) is 14.0. The molecule has 1 unspecified atom stereocenters. The van der Waals surface area contributed by atoms with Crippen LogP contribution >= 0.6 is 0 Å². The molecule has 3 rings (SSSR count). The van der Waals surface area contributed by atoms with E-state index in [9.17, 15) is 18.0 Å². The monoisotopic (exact) mass is 557 g/mol. The summed E-state index contributed by atoms with van der Waals surface area (Å²) in [6.07, 6.45) is 3.22. The van der Waals surface area contributed by atoms with Crippen molar-refractivity contribution in [1.29, 1.82) is 0 Å². The van der Waals surface area contributed by atoms with Crippen LogP contribution in [-0.4, -0.2) is 36.4 Å². The number of carbonyl (C=O) groups is 1. The molecule has 0 aliphatic carbocycles. The lowest BCUT2D eigenvalue weighted by atomic mass is 10.1. The fraction of sp³-hybridized carbons (Fsp3) is 0.438. The molecular weight excluding hydrogens is 519 g/mol. The average Bonchev–Trinajstić information content (AvgIpc) is 2.95. The molecule has 8 heteroatoms. The lowest BCUT2D eigenvalue weighted by Crippen LogP contribution is -2.42. The molecule has 0 saturated carbocycles. The van der Waals surface area contributed by atoms with Crippen LogP contribution in [0.5, 0.6) is 11.5 Å². The number of unbranched alkanes of at least 4 members (excludes halogenated alkanes) is 6. The van der Waals surface area contributed by atoms with Gasteiger partial charge in [0.2, 0.25) is 0 Å². The SMILES string of the molecule is CCCCCCCCOc1ccc(-c2ccc(CCCCOC(C(=O)Oc3ccccc3)C(F)(F)F)cn2)cc1. The normalized spacial score (nSPS) is 12.2. The molecule has 3 aromatic rings. The van der Waals surface area contributed by atoms with Crippen LogP contribution in [-0.2, 0) is 16.0 Å². The van der Waals surface area contributed by atoms with Crippen molar-refractivity contribution in [2.24, 2.45) is 0 Å². The van der Waals surface area contributed by atoms with Gasteiger partial charge in [-0.3, -0.25) is 4.98 Å². The largest absolute Gasteiger partial charge is 0.494 e. The Hall–Kier alpha value is -3.39. The zero-order chi connectivity index (χ0) is 28.6. The van der Waals surface area contributed by atoms with Crippen molar-refractivity contribution >= 4 is 5.97 Å². The van der Waals surface area contributed by atoms with Gasteiger partial charge in [0.15, 0.2) is 0 Å². The molecule has 0 bridgehead atoms. The van der Waals surface area contributed by atoms with Crippen LogP contribution in [0.25, 0.3) is 11.3 Å². The van der Waals surface area contributed by atoms with Crippen molar-refractivity contribution in [2.75, 3.05) is 13.2 Å². The Kier molecular flexibility index (Phi) is 13.0. The highest BCUT2D eigenvalue weighted by atomic mass is 19.4. The van der Waals surface area contributed by atoms with Gasteiger partial charge < -0.3 is 14.2 Å². The summed E-state index contributed by atoms with van der Waals surface area (Å²) in [4.78, 5) is 16.6. The number of nitrogens with zero attached hydrogens (tertiary/aromatic N) is 1. The molecule has 1 aromatic heterocycles. The molecule has 2 aromatic carbocycles. The first-order chi connectivity index (χ1) is 19.4. The number of para-hydroxylation sites is 1. The third kappa shape index (κ3) is 11.0. The van der Waals surface area contributed by atoms with E-state index in [0.717, 1.165) is 35.6 Å². The van der Waals surface area contributed by atoms with Crippen LogP contribution in [0, 0.1) is 0 Å². The van der Waals surface area contributed by atoms with E-state index in [1.165, 1.54) is 44.2 Å². The van der Waals surface area contributed by atoms with Gasteiger partial charge in [0.05, 0.1) is 12.3 Å². The topological polar surface area (TPSA) is 57.7 Å². The first-order valence-corrected chi connectivity index (χ1v) is 14.0. The second-order valence-electron chi connectivity index (χ2n) is 9.68. The third-order valence-corrected chi connectivity index (χ3v) is 6.36. The minimum Gasteiger partial charge on any atom is -0.494 e. The lowest BCUT2D eigenvalue weighted by Gasteiger charge is -2.19. The molecule has 0 aliphatic rings. The summed E-state index contributed by atoms with van der Waals surface area (Å²) in [5.41, 5.74) is 2.78. The van der Waals surface area contributed by atoms with Gasteiger partial charge in [-0.15, -0.1) is 0 Å². The number of benzene rings is 2. The van der Waals surface area contributed by atoms with Gasteiger partial charge in [0.1, 0.15) is 11.5 Å². The van der Waals surface area contributed by atoms with Crippen LogP contribution in [0.2, 0.25) is 0 Å². The van der Waals surface area contributed by atoms with Crippen LogP contribution in [0.1, 0.15) is 63.9 Å². The van der Waals surface area contributed by atoms with Gasteiger partial charge in [0.25, 0.3) is 6.10 Å². The van der Waals surface area contributed by atoms with E-state index < -0.39 is 18.2 Å². The number of rotatable bonds is 17. The molecule has 0 N–H and O–H groups in total. The molecule has 216 valence electrons. The molecule has 5 nitrogen and oxygen atoms in total. The maximum atomic E-state index is 13.3. The molecule has 1 atom stereocenters. The Bertz CT molecular complexity index is 1120. The Morgan fingerprint density at radius 1 is 0.800 bits per heavy atom. The molecule has 1 heterocycles. The first kappa shape index (κ1) is 31.1. The van der Waals surface area contributed by atoms with E-state index >= 15 is 0 Å². The van der Waals surface area contributed by atoms with Gasteiger partial charge in [-0.25, -0.2) is 4.79 Å². The second kappa shape index (κ2) is 16.7. The Morgan fingerprint density at radius 2 is 1.50 bits per heavy atom. The number of esters is 1.